The van der Waals surface area contributed by atoms with Crippen molar-refractivity contribution in [1.82, 2.24) is 4.98 Å². The zero-order valence-corrected chi connectivity index (χ0v) is 18.8. The van der Waals surface area contributed by atoms with Gasteiger partial charge >= 0.3 is 0 Å². The summed E-state index contributed by atoms with van der Waals surface area (Å²) in [7, 11) is 0. The molecule has 0 aliphatic carbocycles. The molecule has 33 heavy (non-hydrogen) atoms. The Morgan fingerprint density at radius 2 is 2.00 bits per heavy atom. The lowest BCUT2D eigenvalue weighted by atomic mass is 9.95. The SMILES string of the molecule is Cc1c(Cl)cccc1N1C(=O)C(=O)/C(=C(\O)c2ccc3c(c2)CC(C)O3)C1c1cccnc1. The van der Waals surface area contributed by atoms with Crippen molar-refractivity contribution >= 4 is 34.7 Å². The minimum absolute atomic E-state index is 0.0132. The van der Waals surface area contributed by atoms with Gasteiger partial charge in [-0.1, -0.05) is 23.7 Å². The van der Waals surface area contributed by atoms with Crippen LogP contribution >= 0.6 is 11.6 Å². The summed E-state index contributed by atoms with van der Waals surface area (Å²) in [6.07, 6.45) is 3.96. The zero-order valence-electron chi connectivity index (χ0n) is 18.1. The molecule has 0 bridgehead atoms. The lowest BCUT2D eigenvalue weighted by Gasteiger charge is -2.26. The third-order valence-corrected chi connectivity index (χ3v) is 6.52. The fourth-order valence-corrected chi connectivity index (χ4v) is 4.69. The highest BCUT2D eigenvalue weighted by atomic mass is 35.5. The van der Waals surface area contributed by atoms with Gasteiger partial charge in [-0.2, -0.15) is 0 Å². The Labute approximate surface area is 196 Å². The van der Waals surface area contributed by atoms with E-state index in [0.29, 0.717) is 33.8 Å². The molecule has 7 heteroatoms. The van der Waals surface area contributed by atoms with E-state index in [4.69, 9.17) is 16.3 Å². The van der Waals surface area contributed by atoms with Crippen LogP contribution in [0, 0.1) is 6.92 Å². The van der Waals surface area contributed by atoms with Crippen molar-refractivity contribution in [3.05, 3.63) is 93.8 Å². The van der Waals surface area contributed by atoms with E-state index in [2.05, 4.69) is 4.98 Å². The normalized spacial score (nSPS) is 21.2. The number of ketones is 1. The number of amides is 1. The second-order valence-electron chi connectivity index (χ2n) is 8.29. The first kappa shape index (κ1) is 21.2. The van der Waals surface area contributed by atoms with Crippen LogP contribution in [-0.4, -0.2) is 27.9 Å². The summed E-state index contributed by atoms with van der Waals surface area (Å²) in [6, 6.07) is 13.1. The van der Waals surface area contributed by atoms with Crippen molar-refractivity contribution in [1.29, 1.82) is 0 Å². The number of ether oxygens (including phenoxy) is 1. The smallest absolute Gasteiger partial charge is 0.300 e. The number of aromatic nitrogens is 1. The van der Waals surface area contributed by atoms with Gasteiger partial charge in [-0.15, -0.1) is 0 Å². The molecule has 1 saturated heterocycles. The van der Waals surface area contributed by atoms with Gasteiger partial charge < -0.3 is 9.84 Å². The van der Waals surface area contributed by atoms with Gasteiger partial charge in [0.2, 0.25) is 0 Å². The van der Waals surface area contributed by atoms with Crippen LogP contribution in [0.4, 0.5) is 5.69 Å². The monoisotopic (exact) mass is 460 g/mol. The number of hydrogen-bond acceptors (Lipinski definition) is 5. The largest absolute Gasteiger partial charge is 0.507 e. The van der Waals surface area contributed by atoms with E-state index in [1.165, 1.54) is 4.90 Å². The van der Waals surface area contributed by atoms with Crippen molar-refractivity contribution in [2.45, 2.75) is 32.4 Å². The molecule has 1 aromatic heterocycles. The molecule has 2 atom stereocenters. The minimum Gasteiger partial charge on any atom is -0.507 e. The highest BCUT2D eigenvalue weighted by Crippen LogP contribution is 2.44. The molecule has 3 aromatic rings. The Balaban J connectivity index is 1.71. The Morgan fingerprint density at radius 1 is 1.18 bits per heavy atom. The van der Waals surface area contributed by atoms with Gasteiger partial charge in [0.1, 0.15) is 17.6 Å². The van der Waals surface area contributed by atoms with Crippen LogP contribution < -0.4 is 9.64 Å². The lowest BCUT2D eigenvalue weighted by molar-refractivity contribution is -0.132. The number of hydrogen-bond donors (Lipinski definition) is 1. The van der Waals surface area contributed by atoms with Crippen LogP contribution in [0.5, 0.6) is 5.75 Å². The molecule has 2 aliphatic heterocycles. The van der Waals surface area contributed by atoms with E-state index in [-0.39, 0.29) is 17.4 Å². The van der Waals surface area contributed by atoms with Gasteiger partial charge in [0.15, 0.2) is 0 Å². The fraction of sp³-hybridized carbons (Fsp3) is 0.192. The Hall–Kier alpha value is -3.64. The molecule has 3 heterocycles. The summed E-state index contributed by atoms with van der Waals surface area (Å²) >= 11 is 6.32. The quantitative estimate of drug-likeness (QED) is 0.338. The molecule has 2 aliphatic rings. The van der Waals surface area contributed by atoms with Crippen LogP contribution in [0.15, 0.2) is 66.5 Å². The Kier molecular flexibility index (Phi) is 5.17. The molecule has 0 spiro atoms. The number of aliphatic hydroxyl groups is 1. The van der Waals surface area contributed by atoms with E-state index in [1.807, 2.05) is 13.0 Å². The van der Waals surface area contributed by atoms with Gasteiger partial charge in [-0.25, -0.2) is 0 Å². The highest BCUT2D eigenvalue weighted by Gasteiger charge is 2.47. The number of aliphatic hydroxyl groups excluding tert-OH is 1. The Morgan fingerprint density at radius 3 is 2.76 bits per heavy atom. The predicted molar refractivity (Wildman–Crippen MR) is 125 cm³/mol. The van der Waals surface area contributed by atoms with Gasteiger partial charge in [-0.05, 0) is 66.9 Å². The number of rotatable bonds is 3. The molecule has 2 unspecified atom stereocenters. The average Bonchev–Trinajstić information content (AvgIpc) is 3.31. The summed E-state index contributed by atoms with van der Waals surface area (Å²) in [5, 5.41) is 11.8. The average molecular weight is 461 g/mol. The number of Topliss-reactive ketones (excluding diaryl/α,β-unsaturated/α-hetero) is 1. The van der Waals surface area contributed by atoms with E-state index >= 15 is 0 Å². The molecule has 0 saturated carbocycles. The van der Waals surface area contributed by atoms with Gasteiger partial charge in [0, 0.05) is 35.1 Å². The fourth-order valence-electron chi connectivity index (χ4n) is 4.52. The number of anilines is 1. The van der Waals surface area contributed by atoms with Crippen LogP contribution in [0.1, 0.15) is 35.2 Å². The summed E-state index contributed by atoms with van der Waals surface area (Å²) in [4.78, 5) is 32.1. The van der Waals surface area contributed by atoms with Crippen molar-refractivity contribution in [3.63, 3.8) is 0 Å². The number of nitrogens with zero attached hydrogens (tertiary/aromatic N) is 2. The van der Waals surface area contributed by atoms with Crippen molar-refractivity contribution < 1.29 is 19.4 Å². The number of halogens is 1. The third-order valence-electron chi connectivity index (χ3n) is 6.11. The summed E-state index contributed by atoms with van der Waals surface area (Å²) in [5.74, 6) is -0.954. The van der Waals surface area contributed by atoms with Gasteiger partial charge in [0.05, 0.1) is 11.6 Å². The lowest BCUT2D eigenvalue weighted by Crippen LogP contribution is -2.30. The van der Waals surface area contributed by atoms with Crippen LogP contribution in [0.2, 0.25) is 5.02 Å². The molecule has 1 fully saturated rings. The second-order valence-corrected chi connectivity index (χ2v) is 8.70. The third kappa shape index (κ3) is 3.47. The zero-order chi connectivity index (χ0) is 23.3. The minimum atomic E-state index is -0.848. The first-order valence-corrected chi connectivity index (χ1v) is 11.0. The molecule has 0 radical (unpaired) electrons. The number of carbonyl (C=O) groups excluding carboxylic acids is 2. The molecule has 2 aromatic carbocycles. The molecule has 5 rings (SSSR count). The van der Waals surface area contributed by atoms with Crippen LogP contribution in [0.3, 0.4) is 0 Å². The summed E-state index contributed by atoms with van der Waals surface area (Å²) in [6.45, 7) is 3.76. The van der Waals surface area contributed by atoms with E-state index in [1.54, 1.807) is 61.8 Å². The molecule has 6 nitrogen and oxygen atoms in total. The van der Waals surface area contributed by atoms with E-state index in [9.17, 15) is 14.7 Å². The van der Waals surface area contributed by atoms with E-state index in [0.717, 1.165) is 11.3 Å². The first-order chi connectivity index (χ1) is 15.9. The first-order valence-electron chi connectivity index (χ1n) is 10.6. The van der Waals surface area contributed by atoms with Crippen molar-refractivity contribution in [2.24, 2.45) is 0 Å². The second kappa shape index (κ2) is 8.05. The van der Waals surface area contributed by atoms with E-state index < -0.39 is 17.7 Å². The highest BCUT2D eigenvalue weighted by molar-refractivity contribution is 6.52. The predicted octanol–water partition coefficient (Wildman–Crippen LogP) is 4.99. The number of benzene rings is 2. The molecular formula is C26H21ClN2O4. The maximum atomic E-state index is 13.3. The molecule has 1 N–H and O–H groups in total. The van der Waals surface area contributed by atoms with Crippen molar-refractivity contribution in [3.8, 4) is 5.75 Å². The summed E-state index contributed by atoms with van der Waals surface area (Å²) in [5.41, 5.74) is 3.20. The molecule has 166 valence electrons. The standard InChI is InChI=1S/C26H21ClN2O4/c1-14-11-18-12-16(8-9-21(18)33-14)24(30)22-23(17-5-4-10-28-13-17)29(26(32)25(22)31)20-7-3-6-19(27)15(20)2/h3-10,12-14,23,30H,11H2,1-2H3/b24-22-. The summed E-state index contributed by atoms with van der Waals surface area (Å²) < 4.78 is 5.75. The Bertz CT molecular complexity index is 1320. The van der Waals surface area contributed by atoms with Crippen LogP contribution in [0.25, 0.3) is 5.76 Å². The maximum Gasteiger partial charge on any atom is 0.300 e. The number of fused-ring (bicyclic) bond motifs is 1. The number of pyridine rings is 1. The molecular weight excluding hydrogens is 440 g/mol. The maximum absolute atomic E-state index is 13.3. The number of carbonyl (C=O) groups is 2. The van der Waals surface area contributed by atoms with Gasteiger partial charge in [-0.3, -0.25) is 19.5 Å². The molecule has 1 amide bonds. The van der Waals surface area contributed by atoms with Gasteiger partial charge in [0.25, 0.3) is 11.7 Å². The van der Waals surface area contributed by atoms with Crippen LogP contribution in [-0.2, 0) is 16.0 Å². The topological polar surface area (TPSA) is 79.7 Å². The van der Waals surface area contributed by atoms with Crippen molar-refractivity contribution in [2.75, 3.05) is 4.90 Å².